The van der Waals surface area contributed by atoms with Gasteiger partial charge in [0.15, 0.2) is 5.11 Å². The van der Waals surface area contributed by atoms with Gasteiger partial charge < -0.3 is 15.4 Å². The maximum absolute atomic E-state index is 12.8. The van der Waals surface area contributed by atoms with Gasteiger partial charge in [-0.25, -0.2) is 0 Å². The first-order valence-corrected chi connectivity index (χ1v) is 11.6. The first kappa shape index (κ1) is 23.2. The number of anilines is 1. The fourth-order valence-electron chi connectivity index (χ4n) is 3.54. The van der Waals surface area contributed by atoms with Gasteiger partial charge in [0, 0.05) is 11.6 Å². The van der Waals surface area contributed by atoms with Gasteiger partial charge in [0.2, 0.25) is 0 Å². The summed E-state index contributed by atoms with van der Waals surface area (Å²) >= 11 is 8.71. The van der Waals surface area contributed by atoms with Crippen molar-refractivity contribution in [3.63, 3.8) is 0 Å². The molecule has 3 rings (SSSR count). The summed E-state index contributed by atoms with van der Waals surface area (Å²) in [5.74, 6) is 0.169. The highest BCUT2D eigenvalue weighted by Crippen LogP contribution is 2.26. The van der Waals surface area contributed by atoms with E-state index in [0.29, 0.717) is 33.6 Å². The highest BCUT2D eigenvalue weighted by molar-refractivity contribution is 9.10. The van der Waals surface area contributed by atoms with Crippen LogP contribution in [0.2, 0.25) is 0 Å². The van der Waals surface area contributed by atoms with Crippen LogP contribution in [-0.2, 0) is 0 Å². The minimum Gasteiger partial charge on any atom is -0.493 e. The smallest absolute Gasteiger partial charge is 0.257 e. The molecule has 3 N–H and O–H groups in total. The Balaban J connectivity index is 1.63. The zero-order valence-electron chi connectivity index (χ0n) is 17.4. The maximum Gasteiger partial charge on any atom is 0.257 e. The number of halogens is 1. The summed E-state index contributed by atoms with van der Waals surface area (Å²) in [4.78, 5) is 25.4. The van der Waals surface area contributed by atoms with Crippen LogP contribution in [0.4, 0.5) is 5.69 Å². The molecular formula is C23H26BrN3O3S. The van der Waals surface area contributed by atoms with Crippen molar-refractivity contribution in [3.8, 4) is 5.75 Å². The summed E-state index contributed by atoms with van der Waals surface area (Å²) in [7, 11) is 0. The van der Waals surface area contributed by atoms with E-state index >= 15 is 0 Å². The van der Waals surface area contributed by atoms with Crippen LogP contribution in [0, 0.1) is 0 Å². The molecule has 164 valence electrons. The normalized spacial score (nSPS) is 13.9. The number of hydrogen-bond donors (Lipinski definition) is 3. The minimum atomic E-state index is -0.356. The molecule has 8 heteroatoms. The van der Waals surface area contributed by atoms with Crippen LogP contribution in [0.15, 0.2) is 46.9 Å². The molecule has 0 bridgehead atoms. The number of carbonyl (C=O) groups excluding carboxylic acids is 2. The highest BCUT2D eigenvalue weighted by Gasteiger charge is 2.19. The summed E-state index contributed by atoms with van der Waals surface area (Å²) in [5.41, 5.74) is 1.48. The van der Waals surface area contributed by atoms with Gasteiger partial charge in [-0.3, -0.25) is 14.9 Å². The van der Waals surface area contributed by atoms with Gasteiger partial charge in [0.25, 0.3) is 11.8 Å². The summed E-state index contributed by atoms with van der Waals surface area (Å²) in [5, 5.41) is 8.87. The van der Waals surface area contributed by atoms with Crippen molar-refractivity contribution in [1.29, 1.82) is 0 Å². The number of nitrogens with one attached hydrogen (secondary N) is 3. The fraction of sp³-hybridized carbons (Fsp3) is 0.348. The van der Waals surface area contributed by atoms with E-state index in [2.05, 4.69) is 31.9 Å². The monoisotopic (exact) mass is 503 g/mol. The van der Waals surface area contributed by atoms with Crippen LogP contribution in [0.1, 0.15) is 59.7 Å². The van der Waals surface area contributed by atoms with Crippen LogP contribution >= 0.6 is 28.1 Å². The minimum absolute atomic E-state index is 0.118. The molecule has 0 aliphatic heterocycles. The van der Waals surface area contributed by atoms with Crippen molar-refractivity contribution < 1.29 is 14.3 Å². The Bertz CT molecular complexity index is 961. The number of thiocarbonyl (C=S) groups is 1. The standard InChI is InChI=1S/C23H26BrN3O3S/c1-2-30-20-13-12-15(14-18(20)24)21(28)27-23(31)26-19-11-7-6-10-17(19)22(29)25-16-8-4-3-5-9-16/h6-7,10-14,16H,2-5,8-9H2,1H3,(H,25,29)(H2,26,27,28,31). The van der Waals surface area contributed by atoms with Gasteiger partial charge in [0.05, 0.1) is 22.3 Å². The van der Waals surface area contributed by atoms with Crippen molar-refractivity contribution in [1.82, 2.24) is 10.6 Å². The Hall–Kier alpha value is -2.45. The molecule has 0 atom stereocenters. The van der Waals surface area contributed by atoms with Crippen LogP contribution in [0.25, 0.3) is 0 Å². The van der Waals surface area contributed by atoms with E-state index in [1.54, 1.807) is 36.4 Å². The molecule has 0 aromatic heterocycles. The van der Waals surface area contributed by atoms with E-state index in [-0.39, 0.29) is 23.0 Å². The Morgan fingerprint density at radius 3 is 2.55 bits per heavy atom. The summed E-state index contributed by atoms with van der Waals surface area (Å²) < 4.78 is 6.15. The number of hydrogen-bond acceptors (Lipinski definition) is 4. The van der Waals surface area contributed by atoms with Gasteiger partial charge >= 0.3 is 0 Å². The molecule has 0 saturated heterocycles. The largest absolute Gasteiger partial charge is 0.493 e. The van der Waals surface area contributed by atoms with Crippen LogP contribution in [-0.4, -0.2) is 29.6 Å². The molecule has 1 fully saturated rings. The topological polar surface area (TPSA) is 79.5 Å². The Morgan fingerprint density at radius 2 is 1.84 bits per heavy atom. The van der Waals surface area contributed by atoms with E-state index in [1.807, 2.05) is 13.0 Å². The number of ether oxygens (including phenoxy) is 1. The zero-order chi connectivity index (χ0) is 22.2. The lowest BCUT2D eigenvalue weighted by atomic mass is 9.95. The van der Waals surface area contributed by atoms with Crippen molar-refractivity contribution in [2.45, 2.75) is 45.1 Å². The molecule has 2 amide bonds. The highest BCUT2D eigenvalue weighted by atomic mass is 79.9. The van der Waals surface area contributed by atoms with Crippen molar-refractivity contribution in [2.24, 2.45) is 0 Å². The lowest BCUT2D eigenvalue weighted by Gasteiger charge is -2.23. The third kappa shape index (κ3) is 6.51. The third-order valence-electron chi connectivity index (χ3n) is 5.08. The number of para-hydroxylation sites is 1. The zero-order valence-corrected chi connectivity index (χ0v) is 19.8. The molecule has 0 unspecified atom stereocenters. The molecule has 0 heterocycles. The first-order valence-electron chi connectivity index (χ1n) is 10.4. The molecule has 6 nitrogen and oxygen atoms in total. The van der Waals surface area contributed by atoms with Gasteiger partial charge in [-0.05, 0) is 78.2 Å². The second-order valence-electron chi connectivity index (χ2n) is 7.34. The molecule has 1 aliphatic carbocycles. The van der Waals surface area contributed by atoms with Gasteiger partial charge in [-0.2, -0.15) is 0 Å². The molecule has 0 radical (unpaired) electrons. The van der Waals surface area contributed by atoms with Crippen LogP contribution in [0.3, 0.4) is 0 Å². The summed E-state index contributed by atoms with van der Waals surface area (Å²) in [6.07, 6.45) is 5.52. The third-order valence-corrected chi connectivity index (χ3v) is 5.91. The lowest BCUT2D eigenvalue weighted by molar-refractivity contribution is 0.0927. The molecule has 0 spiro atoms. The van der Waals surface area contributed by atoms with Crippen molar-refractivity contribution in [3.05, 3.63) is 58.1 Å². The van der Waals surface area contributed by atoms with Crippen molar-refractivity contribution >= 4 is 50.8 Å². The Morgan fingerprint density at radius 1 is 1.10 bits per heavy atom. The van der Waals surface area contributed by atoms with Crippen LogP contribution < -0.4 is 20.7 Å². The predicted octanol–water partition coefficient (Wildman–Crippen LogP) is 5.04. The quantitative estimate of drug-likeness (QED) is 0.481. The van der Waals surface area contributed by atoms with Crippen LogP contribution in [0.5, 0.6) is 5.75 Å². The molecular weight excluding hydrogens is 478 g/mol. The Kier molecular flexibility index (Phi) is 8.43. The molecule has 2 aromatic carbocycles. The van der Waals surface area contributed by atoms with Crippen molar-refractivity contribution in [2.75, 3.05) is 11.9 Å². The summed E-state index contributed by atoms with van der Waals surface area (Å²) in [6.45, 7) is 2.43. The molecule has 2 aromatic rings. The second-order valence-corrected chi connectivity index (χ2v) is 8.60. The SMILES string of the molecule is CCOc1ccc(C(=O)NC(=S)Nc2ccccc2C(=O)NC2CCCCC2)cc1Br. The van der Waals surface area contributed by atoms with Gasteiger partial charge in [-0.1, -0.05) is 31.4 Å². The summed E-state index contributed by atoms with van der Waals surface area (Å²) in [6, 6.07) is 12.4. The van der Waals surface area contributed by atoms with E-state index < -0.39 is 0 Å². The van der Waals surface area contributed by atoms with Gasteiger partial charge in [0.1, 0.15) is 5.75 Å². The number of carbonyl (C=O) groups is 2. The molecule has 1 aliphatic rings. The predicted molar refractivity (Wildman–Crippen MR) is 130 cm³/mol. The van der Waals surface area contributed by atoms with E-state index in [9.17, 15) is 9.59 Å². The van der Waals surface area contributed by atoms with E-state index in [0.717, 1.165) is 25.7 Å². The molecule has 31 heavy (non-hydrogen) atoms. The second kappa shape index (κ2) is 11.2. The lowest BCUT2D eigenvalue weighted by Crippen LogP contribution is -2.37. The number of benzene rings is 2. The average molecular weight is 504 g/mol. The number of rotatable bonds is 6. The van der Waals surface area contributed by atoms with Gasteiger partial charge in [-0.15, -0.1) is 0 Å². The average Bonchev–Trinajstić information content (AvgIpc) is 2.76. The van der Waals surface area contributed by atoms with E-state index in [1.165, 1.54) is 6.42 Å². The first-order chi connectivity index (χ1) is 15.0. The Labute approximate surface area is 196 Å². The number of amides is 2. The van der Waals surface area contributed by atoms with E-state index in [4.69, 9.17) is 17.0 Å². The maximum atomic E-state index is 12.8. The molecule has 1 saturated carbocycles. The fourth-order valence-corrected chi connectivity index (χ4v) is 4.24.